The first-order chi connectivity index (χ1) is 10.3. The van der Waals surface area contributed by atoms with Crippen molar-refractivity contribution in [2.75, 3.05) is 26.2 Å². The molecule has 0 bridgehead atoms. The van der Waals surface area contributed by atoms with Crippen molar-refractivity contribution in [3.8, 4) is 0 Å². The molecule has 2 aromatic rings. The van der Waals surface area contributed by atoms with Crippen LogP contribution in [0.15, 0.2) is 24.3 Å². The number of nitrogens with zero attached hydrogens (tertiary/aromatic N) is 2. The van der Waals surface area contributed by atoms with Crippen LogP contribution in [0.1, 0.15) is 43.7 Å². The van der Waals surface area contributed by atoms with Crippen LogP contribution in [0.25, 0.3) is 10.2 Å². The van der Waals surface area contributed by atoms with E-state index in [1.807, 2.05) is 11.3 Å². The normalized spacial score (nSPS) is 18.7. The first-order valence-corrected chi connectivity index (χ1v) is 8.96. The average molecular weight is 303 g/mol. The van der Waals surface area contributed by atoms with Crippen LogP contribution in [0.4, 0.5) is 0 Å². The van der Waals surface area contributed by atoms with Crippen LogP contribution in [0, 0.1) is 0 Å². The Hall–Kier alpha value is -0.970. The molecule has 0 spiro atoms. The zero-order chi connectivity index (χ0) is 14.5. The van der Waals surface area contributed by atoms with Crippen molar-refractivity contribution >= 4 is 21.6 Å². The van der Waals surface area contributed by atoms with Crippen LogP contribution in [-0.2, 0) is 0 Å². The number of rotatable bonds is 5. The maximum Gasteiger partial charge on any atom is 0.111 e. The van der Waals surface area contributed by atoms with Gasteiger partial charge in [0, 0.05) is 13.1 Å². The van der Waals surface area contributed by atoms with Gasteiger partial charge in [-0.15, -0.1) is 11.3 Å². The molecule has 0 amide bonds. The fraction of sp³-hybridized carbons (Fsp3) is 0.588. The van der Waals surface area contributed by atoms with Gasteiger partial charge in [-0.1, -0.05) is 25.0 Å². The van der Waals surface area contributed by atoms with Crippen molar-refractivity contribution in [3.63, 3.8) is 0 Å². The fourth-order valence-electron chi connectivity index (χ4n) is 2.96. The minimum Gasteiger partial charge on any atom is -0.307 e. The van der Waals surface area contributed by atoms with Crippen LogP contribution in [-0.4, -0.2) is 36.1 Å². The van der Waals surface area contributed by atoms with E-state index in [1.54, 1.807) is 0 Å². The van der Waals surface area contributed by atoms with E-state index in [0.29, 0.717) is 6.04 Å². The van der Waals surface area contributed by atoms with Crippen LogP contribution in [0.3, 0.4) is 0 Å². The highest BCUT2D eigenvalue weighted by Crippen LogP contribution is 2.25. The van der Waals surface area contributed by atoms with Gasteiger partial charge < -0.3 is 10.2 Å². The van der Waals surface area contributed by atoms with Gasteiger partial charge in [0.1, 0.15) is 5.01 Å². The largest absolute Gasteiger partial charge is 0.307 e. The highest BCUT2D eigenvalue weighted by molar-refractivity contribution is 7.18. The van der Waals surface area contributed by atoms with E-state index in [9.17, 15) is 0 Å². The summed E-state index contributed by atoms with van der Waals surface area (Å²) in [6, 6.07) is 8.74. The smallest absolute Gasteiger partial charge is 0.111 e. The minimum absolute atomic E-state index is 0.342. The molecule has 1 aromatic carbocycles. The molecule has 114 valence electrons. The summed E-state index contributed by atoms with van der Waals surface area (Å²) in [5, 5.41) is 4.83. The predicted molar refractivity (Wildman–Crippen MR) is 90.9 cm³/mol. The quantitative estimate of drug-likeness (QED) is 0.910. The Morgan fingerprint density at radius 1 is 1.19 bits per heavy atom. The van der Waals surface area contributed by atoms with E-state index in [2.05, 4.69) is 41.4 Å². The van der Waals surface area contributed by atoms with Crippen molar-refractivity contribution in [3.05, 3.63) is 29.3 Å². The van der Waals surface area contributed by atoms with E-state index < -0.39 is 0 Å². The zero-order valence-electron chi connectivity index (χ0n) is 12.8. The zero-order valence-corrected chi connectivity index (χ0v) is 13.7. The maximum absolute atomic E-state index is 4.74. The second-order valence-corrected chi connectivity index (χ2v) is 7.01. The third-order valence-corrected chi connectivity index (χ3v) is 5.48. The number of fused-ring (bicyclic) bond motifs is 1. The predicted octanol–water partition coefficient (Wildman–Crippen LogP) is 3.82. The summed E-state index contributed by atoms with van der Waals surface area (Å²) >= 11 is 1.81. The molecule has 1 N–H and O–H groups in total. The van der Waals surface area contributed by atoms with Gasteiger partial charge >= 0.3 is 0 Å². The Morgan fingerprint density at radius 3 is 2.71 bits per heavy atom. The number of hydrogen-bond acceptors (Lipinski definition) is 4. The molecule has 1 fully saturated rings. The van der Waals surface area contributed by atoms with Crippen molar-refractivity contribution in [2.45, 2.75) is 38.6 Å². The third-order valence-electron chi connectivity index (χ3n) is 4.26. The number of thiazole rings is 1. The molecule has 3 nitrogen and oxygen atoms in total. The van der Waals surface area contributed by atoms with Crippen molar-refractivity contribution in [1.82, 2.24) is 15.2 Å². The van der Waals surface area contributed by atoms with Crippen molar-refractivity contribution in [1.29, 1.82) is 0 Å². The van der Waals surface area contributed by atoms with Gasteiger partial charge in [-0.2, -0.15) is 0 Å². The number of nitrogens with one attached hydrogen (secondary N) is 1. The highest BCUT2D eigenvalue weighted by Gasteiger charge is 2.12. The van der Waals surface area contributed by atoms with Gasteiger partial charge in [-0.3, -0.25) is 0 Å². The molecule has 0 aliphatic carbocycles. The lowest BCUT2D eigenvalue weighted by atomic mass is 10.2. The molecule has 4 heteroatoms. The lowest BCUT2D eigenvalue weighted by Crippen LogP contribution is -2.33. The summed E-state index contributed by atoms with van der Waals surface area (Å²) in [7, 11) is 0. The second-order valence-electron chi connectivity index (χ2n) is 5.95. The topological polar surface area (TPSA) is 28.2 Å². The third kappa shape index (κ3) is 4.02. The lowest BCUT2D eigenvalue weighted by molar-refractivity contribution is 0.280. The van der Waals surface area contributed by atoms with Gasteiger partial charge in [0.05, 0.1) is 16.3 Å². The molecule has 1 aromatic heterocycles. The Labute approximate surface area is 131 Å². The molecular formula is C17H25N3S. The number of likely N-dealkylation sites (tertiary alicyclic amines) is 1. The molecule has 1 aliphatic rings. The van der Waals surface area contributed by atoms with E-state index >= 15 is 0 Å². The summed E-state index contributed by atoms with van der Waals surface area (Å²) in [6.45, 7) is 6.99. The molecule has 21 heavy (non-hydrogen) atoms. The van der Waals surface area contributed by atoms with Crippen LogP contribution < -0.4 is 5.32 Å². The Bertz CT molecular complexity index is 525. The SMILES string of the molecule is CC(NCCN1CCCCCC1)c1nc2ccccc2s1. The van der Waals surface area contributed by atoms with Gasteiger partial charge in [0.2, 0.25) is 0 Å². The first kappa shape index (κ1) is 14.9. The molecule has 3 rings (SSSR count). The number of para-hydroxylation sites is 1. The summed E-state index contributed by atoms with van der Waals surface area (Å²) < 4.78 is 1.29. The lowest BCUT2D eigenvalue weighted by Gasteiger charge is -2.21. The maximum atomic E-state index is 4.74. The second kappa shape index (κ2) is 7.34. The molecule has 0 saturated carbocycles. The van der Waals surface area contributed by atoms with E-state index in [-0.39, 0.29) is 0 Å². The van der Waals surface area contributed by atoms with E-state index in [1.165, 1.54) is 48.5 Å². The molecule has 1 aliphatic heterocycles. The molecule has 1 unspecified atom stereocenters. The molecule has 2 heterocycles. The highest BCUT2D eigenvalue weighted by atomic mass is 32.1. The summed E-state index contributed by atoms with van der Waals surface area (Å²) in [4.78, 5) is 7.34. The van der Waals surface area contributed by atoms with Gasteiger partial charge in [0.15, 0.2) is 0 Å². The summed E-state index contributed by atoms with van der Waals surface area (Å²) in [5.41, 5.74) is 1.12. The van der Waals surface area contributed by atoms with Crippen molar-refractivity contribution in [2.24, 2.45) is 0 Å². The summed E-state index contributed by atoms with van der Waals surface area (Å²) in [6.07, 6.45) is 5.55. The van der Waals surface area contributed by atoms with Crippen LogP contribution >= 0.6 is 11.3 Å². The van der Waals surface area contributed by atoms with Gasteiger partial charge in [-0.05, 0) is 45.0 Å². The van der Waals surface area contributed by atoms with E-state index in [4.69, 9.17) is 4.98 Å². The average Bonchev–Trinajstić information content (AvgIpc) is 2.77. The standard InChI is InChI=1S/C17H25N3S/c1-14(17-19-15-8-4-5-9-16(15)21-17)18-10-13-20-11-6-2-3-7-12-20/h4-5,8-9,14,18H,2-3,6-7,10-13H2,1H3. The molecule has 1 atom stereocenters. The number of hydrogen-bond donors (Lipinski definition) is 1. The van der Waals surface area contributed by atoms with Crippen LogP contribution in [0.2, 0.25) is 0 Å². The van der Waals surface area contributed by atoms with Crippen molar-refractivity contribution < 1.29 is 0 Å². The van der Waals surface area contributed by atoms with E-state index in [0.717, 1.165) is 18.6 Å². The fourth-order valence-corrected chi connectivity index (χ4v) is 3.96. The monoisotopic (exact) mass is 303 g/mol. The number of aromatic nitrogens is 1. The molecule has 1 saturated heterocycles. The Morgan fingerprint density at radius 2 is 1.95 bits per heavy atom. The van der Waals surface area contributed by atoms with Crippen LogP contribution in [0.5, 0.6) is 0 Å². The summed E-state index contributed by atoms with van der Waals surface area (Å²) in [5.74, 6) is 0. The minimum atomic E-state index is 0.342. The Balaban J connectivity index is 1.50. The Kier molecular flexibility index (Phi) is 5.22. The molecule has 0 radical (unpaired) electrons. The van der Waals surface area contributed by atoms with Gasteiger partial charge in [-0.25, -0.2) is 4.98 Å². The molecular weight excluding hydrogens is 278 g/mol. The number of benzene rings is 1. The van der Waals surface area contributed by atoms with Gasteiger partial charge in [0.25, 0.3) is 0 Å². The first-order valence-electron chi connectivity index (χ1n) is 8.14.